The van der Waals surface area contributed by atoms with Crippen LogP contribution in [0.25, 0.3) is 0 Å². The lowest BCUT2D eigenvalue weighted by Crippen LogP contribution is -2.33. The maximum absolute atomic E-state index is 5.87. The summed E-state index contributed by atoms with van der Waals surface area (Å²) in [6.45, 7) is 2.62. The third-order valence-corrected chi connectivity index (χ3v) is 5.08. The van der Waals surface area contributed by atoms with Gasteiger partial charge in [-0.3, -0.25) is 16.3 Å². The van der Waals surface area contributed by atoms with Crippen LogP contribution in [0.1, 0.15) is 47.7 Å². The molecule has 2 atom stereocenters. The molecule has 0 spiro atoms. The van der Waals surface area contributed by atoms with Crippen molar-refractivity contribution in [1.29, 1.82) is 0 Å². The predicted molar refractivity (Wildman–Crippen MR) is 85.5 cm³/mol. The molecule has 2 unspecified atom stereocenters. The highest BCUT2D eigenvalue weighted by atomic mass is 32.1. The Morgan fingerprint density at radius 3 is 3.24 bits per heavy atom. The van der Waals surface area contributed by atoms with Crippen LogP contribution in [-0.4, -0.2) is 11.6 Å². The van der Waals surface area contributed by atoms with Gasteiger partial charge >= 0.3 is 0 Å². The molecule has 3 N–H and O–H groups in total. The van der Waals surface area contributed by atoms with Crippen molar-refractivity contribution in [3.05, 3.63) is 45.9 Å². The van der Waals surface area contributed by atoms with Gasteiger partial charge in [0.05, 0.1) is 18.8 Å². The fourth-order valence-corrected chi connectivity index (χ4v) is 4.16. The summed E-state index contributed by atoms with van der Waals surface area (Å²) in [7, 11) is 0. The Labute approximate surface area is 129 Å². The van der Waals surface area contributed by atoms with Crippen molar-refractivity contribution in [2.45, 2.75) is 38.1 Å². The molecule has 1 aliphatic rings. The first kappa shape index (κ1) is 14.5. The van der Waals surface area contributed by atoms with Gasteiger partial charge in [0.15, 0.2) is 0 Å². The fraction of sp³-hybridized carbons (Fsp3) is 0.438. The Morgan fingerprint density at radius 2 is 2.43 bits per heavy atom. The van der Waals surface area contributed by atoms with Gasteiger partial charge in [0.25, 0.3) is 0 Å². The summed E-state index contributed by atoms with van der Waals surface area (Å²) >= 11 is 1.85. The number of ether oxygens (including phenoxy) is 1. The van der Waals surface area contributed by atoms with Crippen LogP contribution in [0.3, 0.4) is 0 Å². The Bertz CT molecular complexity index is 599. The molecule has 2 heterocycles. The molecule has 4 nitrogen and oxygen atoms in total. The van der Waals surface area contributed by atoms with Crippen LogP contribution in [0.5, 0.6) is 5.75 Å². The molecule has 0 radical (unpaired) electrons. The number of hydrazine groups is 1. The summed E-state index contributed by atoms with van der Waals surface area (Å²) in [6.07, 6.45) is 7.19. The van der Waals surface area contributed by atoms with Gasteiger partial charge in [-0.1, -0.05) is 0 Å². The number of thiophene rings is 1. The van der Waals surface area contributed by atoms with E-state index in [9.17, 15) is 0 Å². The van der Waals surface area contributed by atoms with Crippen molar-refractivity contribution in [1.82, 2.24) is 10.4 Å². The minimum Gasteiger partial charge on any atom is -0.492 e. The number of nitrogens with one attached hydrogen (secondary N) is 1. The number of nitrogens with two attached hydrogens (primary N) is 1. The monoisotopic (exact) mass is 303 g/mol. The maximum Gasteiger partial charge on any atom is 0.137 e. The molecule has 2 aromatic heterocycles. The first-order valence-corrected chi connectivity index (χ1v) is 8.31. The van der Waals surface area contributed by atoms with Crippen LogP contribution in [-0.2, 0) is 6.42 Å². The van der Waals surface area contributed by atoms with Gasteiger partial charge in [-0.15, -0.1) is 11.3 Å². The Morgan fingerprint density at radius 1 is 1.52 bits per heavy atom. The summed E-state index contributed by atoms with van der Waals surface area (Å²) < 4.78 is 5.55. The number of aromatic nitrogens is 1. The van der Waals surface area contributed by atoms with E-state index in [4.69, 9.17) is 10.6 Å². The normalized spacial score (nSPS) is 19.0. The first-order chi connectivity index (χ1) is 10.3. The van der Waals surface area contributed by atoms with Gasteiger partial charge in [-0.2, -0.15) is 0 Å². The molecule has 0 bridgehead atoms. The lowest BCUT2D eigenvalue weighted by molar-refractivity contribution is 0.336. The Kier molecular flexibility index (Phi) is 4.53. The zero-order chi connectivity index (χ0) is 14.7. The van der Waals surface area contributed by atoms with E-state index in [0.717, 1.165) is 17.7 Å². The second kappa shape index (κ2) is 6.56. The molecule has 5 heteroatoms. The van der Waals surface area contributed by atoms with Gasteiger partial charge < -0.3 is 4.74 Å². The summed E-state index contributed by atoms with van der Waals surface area (Å²) in [4.78, 5) is 5.79. The molecule has 3 rings (SSSR count). The second-order valence-electron chi connectivity index (χ2n) is 5.33. The van der Waals surface area contributed by atoms with Crippen molar-refractivity contribution in [2.75, 3.05) is 6.61 Å². The summed E-state index contributed by atoms with van der Waals surface area (Å²) in [6, 6.07) is 4.36. The van der Waals surface area contributed by atoms with Crippen molar-refractivity contribution in [2.24, 2.45) is 5.84 Å². The molecule has 112 valence electrons. The van der Waals surface area contributed by atoms with E-state index in [0.29, 0.717) is 12.5 Å². The van der Waals surface area contributed by atoms with Crippen LogP contribution in [0.4, 0.5) is 0 Å². The third kappa shape index (κ3) is 2.95. The number of fused-ring (bicyclic) bond motifs is 1. The van der Waals surface area contributed by atoms with Gasteiger partial charge in [0, 0.05) is 17.0 Å². The Hall–Kier alpha value is -1.43. The highest BCUT2D eigenvalue weighted by molar-refractivity contribution is 7.10. The lowest BCUT2D eigenvalue weighted by atomic mass is 9.80. The van der Waals surface area contributed by atoms with Crippen LogP contribution >= 0.6 is 11.3 Å². The van der Waals surface area contributed by atoms with E-state index in [-0.39, 0.29) is 6.04 Å². The van der Waals surface area contributed by atoms with Gasteiger partial charge in [0.2, 0.25) is 0 Å². The predicted octanol–water partition coefficient (Wildman–Crippen LogP) is 3.17. The van der Waals surface area contributed by atoms with E-state index in [2.05, 4.69) is 21.9 Å². The third-order valence-electron chi connectivity index (χ3n) is 4.08. The van der Waals surface area contributed by atoms with Crippen molar-refractivity contribution in [3.8, 4) is 5.75 Å². The molecule has 0 aliphatic heterocycles. The summed E-state index contributed by atoms with van der Waals surface area (Å²) in [5, 5.41) is 2.19. The summed E-state index contributed by atoms with van der Waals surface area (Å²) in [5.74, 6) is 7.08. The summed E-state index contributed by atoms with van der Waals surface area (Å²) in [5.41, 5.74) is 5.53. The number of pyridine rings is 1. The molecular formula is C16H21N3OS. The molecule has 0 saturated heterocycles. The van der Waals surface area contributed by atoms with Crippen molar-refractivity contribution >= 4 is 11.3 Å². The number of aryl methyl sites for hydroxylation is 1. The highest BCUT2D eigenvalue weighted by Gasteiger charge is 2.29. The SMILES string of the molecule is CCOc1cncc(C(NN)C2CCCc3sccc32)c1. The number of hydrogen-bond donors (Lipinski definition) is 2. The van der Waals surface area contributed by atoms with Gasteiger partial charge in [-0.05, 0) is 54.8 Å². The molecule has 0 saturated carbocycles. The van der Waals surface area contributed by atoms with Crippen LogP contribution < -0.4 is 16.0 Å². The van der Waals surface area contributed by atoms with Gasteiger partial charge in [0.1, 0.15) is 5.75 Å². The molecule has 0 aromatic carbocycles. The average molecular weight is 303 g/mol. The van der Waals surface area contributed by atoms with E-state index in [1.54, 1.807) is 6.20 Å². The molecule has 0 amide bonds. The number of hydrogen-bond acceptors (Lipinski definition) is 5. The first-order valence-electron chi connectivity index (χ1n) is 7.43. The van der Waals surface area contributed by atoms with E-state index < -0.39 is 0 Å². The van der Waals surface area contributed by atoms with Crippen LogP contribution in [0, 0.1) is 0 Å². The highest BCUT2D eigenvalue weighted by Crippen LogP contribution is 2.42. The quantitative estimate of drug-likeness (QED) is 0.658. The standard InChI is InChI=1S/C16H21N3OS/c1-2-20-12-8-11(9-18-10-12)16(19-17)14-4-3-5-15-13(14)6-7-21-15/h6-10,14,16,19H,2-5,17H2,1H3. The van der Waals surface area contributed by atoms with E-state index in [1.807, 2.05) is 30.5 Å². The lowest BCUT2D eigenvalue weighted by Gasteiger charge is -2.30. The molecule has 1 aliphatic carbocycles. The van der Waals surface area contributed by atoms with E-state index >= 15 is 0 Å². The average Bonchev–Trinajstić information content (AvgIpc) is 2.98. The molecular weight excluding hydrogens is 282 g/mol. The second-order valence-corrected chi connectivity index (χ2v) is 6.33. The minimum atomic E-state index is 0.0755. The topological polar surface area (TPSA) is 60.2 Å². The molecule has 0 fully saturated rings. The largest absolute Gasteiger partial charge is 0.492 e. The maximum atomic E-state index is 5.87. The van der Waals surface area contributed by atoms with Gasteiger partial charge in [-0.25, -0.2) is 0 Å². The Balaban J connectivity index is 1.91. The zero-order valence-electron chi connectivity index (χ0n) is 12.2. The number of nitrogens with zero attached hydrogens (tertiary/aromatic N) is 1. The van der Waals surface area contributed by atoms with Crippen molar-refractivity contribution < 1.29 is 4.74 Å². The minimum absolute atomic E-state index is 0.0755. The molecule has 2 aromatic rings. The molecule has 21 heavy (non-hydrogen) atoms. The fourth-order valence-electron chi connectivity index (χ4n) is 3.16. The number of rotatable bonds is 5. The smallest absolute Gasteiger partial charge is 0.137 e. The van der Waals surface area contributed by atoms with Crippen molar-refractivity contribution in [3.63, 3.8) is 0 Å². The van der Waals surface area contributed by atoms with Crippen LogP contribution in [0.2, 0.25) is 0 Å². The zero-order valence-corrected chi connectivity index (χ0v) is 13.0. The van der Waals surface area contributed by atoms with Crippen LogP contribution in [0.15, 0.2) is 29.9 Å². The van der Waals surface area contributed by atoms with E-state index in [1.165, 1.54) is 23.3 Å².